The monoisotopic (exact) mass is 481 g/mol. The van der Waals surface area contributed by atoms with Crippen LogP contribution in [0.5, 0.6) is 5.75 Å². The highest BCUT2D eigenvalue weighted by molar-refractivity contribution is 5.86. The summed E-state index contributed by atoms with van der Waals surface area (Å²) in [5.74, 6) is 0.160. The van der Waals surface area contributed by atoms with E-state index in [-0.39, 0.29) is 29.8 Å². The molecule has 1 saturated heterocycles. The van der Waals surface area contributed by atoms with Gasteiger partial charge >= 0.3 is 5.97 Å². The minimum atomic E-state index is -0.539. The van der Waals surface area contributed by atoms with Crippen molar-refractivity contribution in [2.45, 2.75) is 18.9 Å². The normalized spacial score (nSPS) is 15.0. The predicted octanol–water partition coefficient (Wildman–Crippen LogP) is 3.48. The average Bonchev–Trinajstić information content (AvgIpc) is 3.36. The number of hydrogen-bond donors (Lipinski definition) is 0. The first-order valence-corrected chi connectivity index (χ1v) is 11.4. The summed E-state index contributed by atoms with van der Waals surface area (Å²) in [6.07, 6.45) is 1.57. The molecule has 0 N–H and O–H groups in total. The minimum absolute atomic E-state index is 0.0406. The van der Waals surface area contributed by atoms with Gasteiger partial charge in [-0.2, -0.15) is 0 Å². The molecule has 0 bridgehead atoms. The number of rotatable bonds is 8. The standard InChI is InChI=1S/C26H28FN3O5/c1-33-21-9-5-19(6-10-21)22(18-3-7-20(27)8-4-18)15-25(31)30-13-11-29(12-14-30)16-24-28-23(17-35-24)26(32)34-2/h3-10,17,22H,11-16H2,1-2H3. The van der Waals surface area contributed by atoms with Crippen LogP contribution in [0.25, 0.3) is 0 Å². The molecule has 0 radical (unpaired) electrons. The average molecular weight is 482 g/mol. The number of nitrogens with zero attached hydrogens (tertiary/aromatic N) is 3. The third kappa shape index (κ3) is 6.05. The van der Waals surface area contributed by atoms with E-state index in [0.29, 0.717) is 38.6 Å². The third-order valence-electron chi connectivity index (χ3n) is 6.20. The van der Waals surface area contributed by atoms with Gasteiger partial charge in [0.2, 0.25) is 11.8 Å². The summed E-state index contributed by atoms with van der Waals surface area (Å²) in [7, 11) is 2.90. The quantitative estimate of drug-likeness (QED) is 0.456. The maximum absolute atomic E-state index is 13.5. The number of benzene rings is 2. The summed E-state index contributed by atoms with van der Waals surface area (Å²) in [5.41, 5.74) is 1.99. The Labute approximate surface area is 203 Å². The van der Waals surface area contributed by atoms with Gasteiger partial charge in [-0.3, -0.25) is 9.69 Å². The van der Waals surface area contributed by atoms with Crippen LogP contribution in [0.2, 0.25) is 0 Å². The number of carbonyl (C=O) groups excluding carboxylic acids is 2. The lowest BCUT2D eigenvalue weighted by Crippen LogP contribution is -2.48. The maximum Gasteiger partial charge on any atom is 0.360 e. The van der Waals surface area contributed by atoms with Crippen LogP contribution < -0.4 is 4.74 Å². The molecule has 9 heteroatoms. The molecule has 4 rings (SSSR count). The van der Waals surface area contributed by atoms with Crippen LogP contribution in [0.3, 0.4) is 0 Å². The van der Waals surface area contributed by atoms with Gasteiger partial charge in [-0.15, -0.1) is 0 Å². The number of halogens is 1. The molecule has 1 atom stereocenters. The van der Waals surface area contributed by atoms with Crippen molar-refractivity contribution in [3.05, 3.63) is 83.3 Å². The fourth-order valence-corrected chi connectivity index (χ4v) is 4.19. The zero-order valence-corrected chi connectivity index (χ0v) is 19.8. The summed E-state index contributed by atoms with van der Waals surface area (Å²) >= 11 is 0. The second-order valence-corrected chi connectivity index (χ2v) is 8.36. The minimum Gasteiger partial charge on any atom is -0.497 e. The van der Waals surface area contributed by atoms with Gasteiger partial charge in [0, 0.05) is 38.5 Å². The molecule has 2 heterocycles. The predicted molar refractivity (Wildman–Crippen MR) is 126 cm³/mol. The van der Waals surface area contributed by atoms with Crippen LogP contribution >= 0.6 is 0 Å². The number of hydrogen-bond acceptors (Lipinski definition) is 7. The van der Waals surface area contributed by atoms with E-state index in [0.717, 1.165) is 16.9 Å². The van der Waals surface area contributed by atoms with E-state index in [1.807, 2.05) is 29.2 Å². The largest absolute Gasteiger partial charge is 0.497 e. The van der Waals surface area contributed by atoms with Crippen molar-refractivity contribution in [3.8, 4) is 5.75 Å². The SMILES string of the molecule is COC(=O)c1coc(CN2CCN(C(=O)CC(c3ccc(F)cc3)c3ccc(OC)cc3)CC2)n1. The van der Waals surface area contributed by atoms with Gasteiger partial charge in [0.1, 0.15) is 17.8 Å². The molecule has 0 saturated carbocycles. The van der Waals surface area contributed by atoms with Crippen molar-refractivity contribution < 1.29 is 27.9 Å². The molecular formula is C26H28FN3O5. The van der Waals surface area contributed by atoms with E-state index in [1.54, 1.807) is 19.2 Å². The zero-order chi connectivity index (χ0) is 24.8. The fraction of sp³-hybridized carbons (Fsp3) is 0.346. The van der Waals surface area contributed by atoms with Crippen molar-refractivity contribution in [2.75, 3.05) is 40.4 Å². The molecule has 184 valence electrons. The van der Waals surface area contributed by atoms with Crippen LogP contribution in [0, 0.1) is 5.82 Å². The van der Waals surface area contributed by atoms with Gasteiger partial charge in [0.05, 0.1) is 20.8 Å². The van der Waals surface area contributed by atoms with Crippen molar-refractivity contribution in [1.29, 1.82) is 0 Å². The van der Waals surface area contributed by atoms with Crippen LogP contribution in [0.1, 0.15) is 39.8 Å². The van der Waals surface area contributed by atoms with Crippen LogP contribution in [0.15, 0.2) is 59.2 Å². The first kappa shape index (κ1) is 24.4. The molecule has 8 nitrogen and oxygen atoms in total. The van der Waals surface area contributed by atoms with Crippen molar-refractivity contribution in [2.24, 2.45) is 0 Å². The molecule has 1 aromatic heterocycles. The Bertz CT molecular complexity index is 1140. The molecule has 0 spiro atoms. The molecular weight excluding hydrogens is 453 g/mol. The Kier molecular flexibility index (Phi) is 7.77. The fourth-order valence-electron chi connectivity index (χ4n) is 4.19. The summed E-state index contributed by atoms with van der Waals surface area (Å²) < 4.78 is 28.8. The smallest absolute Gasteiger partial charge is 0.360 e. The number of aromatic nitrogens is 1. The lowest BCUT2D eigenvalue weighted by atomic mass is 9.88. The molecule has 2 aromatic carbocycles. The first-order chi connectivity index (χ1) is 17.0. The Morgan fingerprint density at radius 1 is 1.00 bits per heavy atom. The Morgan fingerprint density at radius 3 is 2.23 bits per heavy atom. The van der Waals surface area contributed by atoms with Crippen LogP contribution in [0.4, 0.5) is 4.39 Å². The van der Waals surface area contributed by atoms with Crippen molar-refractivity contribution >= 4 is 11.9 Å². The number of amides is 1. The molecule has 3 aromatic rings. The molecule has 1 amide bonds. The highest BCUT2D eigenvalue weighted by atomic mass is 19.1. The molecule has 1 fully saturated rings. The molecule has 1 aliphatic heterocycles. The van der Waals surface area contributed by atoms with Gasteiger partial charge in [-0.05, 0) is 35.4 Å². The Hall–Kier alpha value is -3.72. The number of ether oxygens (including phenoxy) is 2. The number of oxazole rings is 1. The second-order valence-electron chi connectivity index (χ2n) is 8.36. The number of piperazine rings is 1. The van der Waals surface area contributed by atoms with Gasteiger partial charge in [-0.25, -0.2) is 14.2 Å². The Morgan fingerprint density at radius 2 is 1.63 bits per heavy atom. The van der Waals surface area contributed by atoms with E-state index in [9.17, 15) is 14.0 Å². The summed E-state index contributed by atoms with van der Waals surface area (Å²) in [6.45, 7) is 2.91. The summed E-state index contributed by atoms with van der Waals surface area (Å²) in [6, 6.07) is 13.9. The highest BCUT2D eigenvalue weighted by Gasteiger charge is 2.26. The van der Waals surface area contributed by atoms with E-state index in [1.165, 1.54) is 25.5 Å². The van der Waals surface area contributed by atoms with Gasteiger partial charge in [-0.1, -0.05) is 24.3 Å². The summed E-state index contributed by atoms with van der Waals surface area (Å²) in [5, 5.41) is 0. The summed E-state index contributed by atoms with van der Waals surface area (Å²) in [4.78, 5) is 32.9. The van der Waals surface area contributed by atoms with E-state index >= 15 is 0 Å². The lowest BCUT2D eigenvalue weighted by molar-refractivity contribution is -0.133. The maximum atomic E-state index is 13.5. The molecule has 35 heavy (non-hydrogen) atoms. The first-order valence-electron chi connectivity index (χ1n) is 11.4. The van der Waals surface area contributed by atoms with Crippen molar-refractivity contribution in [1.82, 2.24) is 14.8 Å². The van der Waals surface area contributed by atoms with E-state index in [4.69, 9.17) is 9.15 Å². The number of carbonyl (C=O) groups is 2. The number of esters is 1. The van der Waals surface area contributed by atoms with Crippen LogP contribution in [-0.2, 0) is 16.1 Å². The van der Waals surface area contributed by atoms with Gasteiger partial charge in [0.15, 0.2) is 5.69 Å². The van der Waals surface area contributed by atoms with Gasteiger partial charge < -0.3 is 18.8 Å². The van der Waals surface area contributed by atoms with E-state index in [2.05, 4.69) is 14.6 Å². The third-order valence-corrected chi connectivity index (χ3v) is 6.20. The van der Waals surface area contributed by atoms with Crippen molar-refractivity contribution in [3.63, 3.8) is 0 Å². The highest BCUT2D eigenvalue weighted by Crippen LogP contribution is 2.30. The second kappa shape index (κ2) is 11.1. The van der Waals surface area contributed by atoms with Crippen LogP contribution in [-0.4, -0.2) is 67.1 Å². The molecule has 1 aliphatic rings. The molecule has 0 aliphatic carbocycles. The Balaban J connectivity index is 1.38. The lowest BCUT2D eigenvalue weighted by Gasteiger charge is -2.35. The van der Waals surface area contributed by atoms with E-state index < -0.39 is 5.97 Å². The topological polar surface area (TPSA) is 85.1 Å². The number of methoxy groups -OCH3 is 2. The van der Waals surface area contributed by atoms with Gasteiger partial charge in [0.25, 0.3) is 0 Å². The molecule has 1 unspecified atom stereocenters. The zero-order valence-electron chi connectivity index (χ0n) is 19.8.